The monoisotopic (exact) mass is 399 g/mol. The lowest BCUT2D eigenvalue weighted by Gasteiger charge is -2.26. The van der Waals surface area contributed by atoms with E-state index in [0.717, 1.165) is 5.56 Å². The van der Waals surface area contributed by atoms with Gasteiger partial charge in [0.2, 0.25) is 5.91 Å². The lowest BCUT2D eigenvalue weighted by atomic mass is 10.1. The number of anilines is 1. The van der Waals surface area contributed by atoms with Crippen molar-refractivity contribution in [2.75, 3.05) is 38.7 Å². The number of rotatable bonds is 5. The molecule has 29 heavy (non-hydrogen) atoms. The van der Waals surface area contributed by atoms with Crippen LogP contribution in [0, 0.1) is 13.8 Å². The second kappa shape index (κ2) is 8.91. The van der Waals surface area contributed by atoms with Gasteiger partial charge in [-0.25, -0.2) is 4.79 Å². The van der Waals surface area contributed by atoms with Crippen LogP contribution in [0.15, 0.2) is 24.3 Å². The Morgan fingerprint density at radius 1 is 1.14 bits per heavy atom. The molecule has 8 nitrogen and oxygen atoms in total. The first-order valence-electron chi connectivity index (χ1n) is 9.44. The maximum atomic E-state index is 12.6. The summed E-state index contributed by atoms with van der Waals surface area (Å²) < 4.78 is 10.0. The fraction of sp³-hybridized carbons (Fsp3) is 0.381. The first-order chi connectivity index (χ1) is 13.9. The molecule has 0 aliphatic carbocycles. The number of aryl methyl sites for hydroxylation is 1. The smallest absolute Gasteiger partial charge is 0.339 e. The number of hydrogen-bond donors (Lipinski definition) is 2. The van der Waals surface area contributed by atoms with Gasteiger partial charge in [0.1, 0.15) is 5.69 Å². The Morgan fingerprint density at radius 3 is 2.41 bits per heavy atom. The van der Waals surface area contributed by atoms with Gasteiger partial charge in [-0.05, 0) is 37.1 Å². The topological polar surface area (TPSA) is 101 Å². The maximum Gasteiger partial charge on any atom is 0.339 e. The van der Waals surface area contributed by atoms with Gasteiger partial charge in [-0.15, -0.1) is 0 Å². The minimum absolute atomic E-state index is 0.0675. The Bertz CT molecular complexity index is 911. The molecule has 2 amide bonds. The third-order valence-corrected chi connectivity index (χ3v) is 4.99. The van der Waals surface area contributed by atoms with Gasteiger partial charge in [-0.3, -0.25) is 9.59 Å². The SMILES string of the molecule is COC(=O)c1c(C)[nH]c(C(=O)Nc2ccc(CC(=O)N3CCOCC3)cc2)c1C. The largest absolute Gasteiger partial charge is 0.465 e. The average Bonchev–Trinajstić information content (AvgIpc) is 3.03. The third-order valence-electron chi connectivity index (χ3n) is 4.99. The summed E-state index contributed by atoms with van der Waals surface area (Å²) in [4.78, 5) is 41.6. The number of carbonyl (C=O) groups excluding carboxylic acids is 3. The molecular weight excluding hydrogens is 374 g/mol. The number of H-pyrrole nitrogens is 1. The highest BCUT2D eigenvalue weighted by atomic mass is 16.5. The molecule has 2 aromatic rings. The van der Waals surface area contributed by atoms with Crippen molar-refractivity contribution in [3.63, 3.8) is 0 Å². The number of carbonyl (C=O) groups is 3. The van der Waals surface area contributed by atoms with Gasteiger partial charge in [0.05, 0.1) is 32.3 Å². The zero-order valence-corrected chi connectivity index (χ0v) is 16.8. The number of aromatic nitrogens is 1. The minimum atomic E-state index is -0.482. The van der Waals surface area contributed by atoms with Gasteiger partial charge in [0, 0.05) is 24.5 Å². The van der Waals surface area contributed by atoms with Crippen LogP contribution in [0.2, 0.25) is 0 Å². The van der Waals surface area contributed by atoms with Crippen molar-refractivity contribution in [2.24, 2.45) is 0 Å². The van der Waals surface area contributed by atoms with E-state index >= 15 is 0 Å². The number of aromatic amines is 1. The van der Waals surface area contributed by atoms with E-state index in [1.807, 2.05) is 12.1 Å². The third kappa shape index (κ3) is 4.65. The molecule has 1 saturated heterocycles. The van der Waals surface area contributed by atoms with Gasteiger partial charge in [-0.1, -0.05) is 12.1 Å². The van der Waals surface area contributed by atoms with Gasteiger partial charge < -0.3 is 24.7 Å². The summed E-state index contributed by atoms with van der Waals surface area (Å²) >= 11 is 0. The Morgan fingerprint density at radius 2 is 1.79 bits per heavy atom. The van der Waals surface area contributed by atoms with Gasteiger partial charge in [0.25, 0.3) is 5.91 Å². The number of morpholine rings is 1. The van der Waals surface area contributed by atoms with Crippen LogP contribution in [-0.4, -0.2) is 61.1 Å². The Balaban J connectivity index is 1.64. The van der Waals surface area contributed by atoms with Gasteiger partial charge in [-0.2, -0.15) is 0 Å². The molecule has 1 aliphatic rings. The number of benzene rings is 1. The molecular formula is C21H25N3O5. The molecule has 2 N–H and O–H groups in total. The van der Waals surface area contributed by atoms with Gasteiger partial charge in [0.15, 0.2) is 0 Å². The summed E-state index contributed by atoms with van der Waals surface area (Å²) in [6.07, 6.45) is 0.311. The zero-order valence-electron chi connectivity index (χ0n) is 16.8. The van der Waals surface area contributed by atoms with E-state index in [9.17, 15) is 14.4 Å². The summed E-state index contributed by atoms with van der Waals surface area (Å²) in [6.45, 7) is 5.81. The fourth-order valence-electron chi connectivity index (χ4n) is 3.38. The van der Waals surface area contributed by atoms with E-state index < -0.39 is 5.97 Å². The van der Waals surface area contributed by atoms with Crippen LogP contribution in [0.3, 0.4) is 0 Å². The lowest BCUT2D eigenvalue weighted by molar-refractivity contribution is -0.134. The highest BCUT2D eigenvalue weighted by Crippen LogP contribution is 2.20. The Labute approximate surface area is 169 Å². The zero-order chi connectivity index (χ0) is 21.0. The van der Waals surface area contributed by atoms with E-state index in [1.165, 1.54) is 7.11 Å². The van der Waals surface area contributed by atoms with Crippen LogP contribution in [-0.2, 0) is 20.7 Å². The number of ether oxygens (including phenoxy) is 2. The number of nitrogens with zero attached hydrogens (tertiary/aromatic N) is 1. The Kier molecular flexibility index (Phi) is 6.33. The molecule has 1 aromatic heterocycles. The number of methoxy groups -OCH3 is 1. The van der Waals surface area contributed by atoms with Crippen LogP contribution in [0.4, 0.5) is 5.69 Å². The summed E-state index contributed by atoms with van der Waals surface area (Å²) in [6, 6.07) is 7.15. The van der Waals surface area contributed by atoms with Gasteiger partial charge >= 0.3 is 5.97 Å². The van der Waals surface area contributed by atoms with Crippen LogP contribution < -0.4 is 5.32 Å². The number of amides is 2. The maximum absolute atomic E-state index is 12.6. The van der Waals surface area contributed by atoms with Crippen LogP contribution in [0.1, 0.15) is 37.7 Å². The quantitative estimate of drug-likeness (QED) is 0.750. The average molecular weight is 399 g/mol. The summed E-state index contributed by atoms with van der Waals surface area (Å²) in [5.74, 6) is -0.764. The van der Waals surface area contributed by atoms with Crippen molar-refractivity contribution < 1.29 is 23.9 Å². The second-order valence-corrected chi connectivity index (χ2v) is 6.94. The van der Waals surface area contributed by atoms with Crippen LogP contribution >= 0.6 is 0 Å². The molecule has 0 bridgehead atoms. The molecule has 2 heterocycles. The van der Waals surface area contributed by atoms with E-state index in [-0.39, 0.29) is 11.8 Å². The first kappa shape index (κ1) is 20.6. The normalized spacial score (nSPS) is 13.8. The number of hydrogen-bond acceptors (Lipinski definition) is 5. The molecule has 0 saturated carbocycles. The lowest BCUT2D eigenvalue weighted by Crippen LogP contribution is -2.41. The van der Waals surface area contributed by atoms with E-state index in [2.05, 4.69) is 10.3 Å². The second-order valence-electron chi connectivity index (χ2n) is 6.94. The molecule has 8 heteroatoms. The molecule has 1 aliphatic heterocycles. The summed E-state index contributed by atoms with van der Waals surface area (Å²) in [5, 5.41) is 2.81. The first-order valence-corrected chi connectivity index (χ1v) is 9.44. The summed E-state index contributed by atoms with van der Waals surface area (Å²) in [5.41, 5.74) is 3.28. The molecule has 0 radical (unpaired) electrons. The predicted octanol–water partition coefficient (Wildman–Crippen LogP) is 2.07. The number of esters is 1. The van der Waals surface area contributed by atoms with Crippen molar-refractivity contribution in [1.82, 2.24) is 9.88 Å². The van der Waals surface area contributed by atoms with Crippen molar-refractivity contribution in [1.29, 1.82) is 0 Å². The van der Waals surface area contributed by atoms with Crippen molar-refractivity contribution in [3.05, 3.63) is 52.3 Å². The van der Waals surface area contributed by atoms with Crippen molar-refractivity contribution in [2.45, 2.75) is 20.3 Å². The standard InChI is InChI=1S/C21H25N3O5/c1-13-18(21(27)28-3)14(2)22-19(13)20(26)23-16-6-4-15(5-7-16)12-17(25)24-8-10-29-11-9-24/h4-7,22H,8-12H2,1-3H3,(H,23,26). The van der Waals surface area contributed by atoms with Crippen LogP contribution in [0.25, 0.3) is 0 Å². The van der Waals surface area contributed by atoms with Crippen molar-refractivity contribution >= 4 is 23.5 Å². The van der Waals surface area contributed by atoms with E-state index in [1.54, 1.807) is 30.9 Å². The molecule has 0 spiro atoms. The summed E-state index contributed by atoms with van der Waals surface area (Å²) in [7, 11) is 1.30. The van der Waals surface area contributed by atoms with Crippen LogP contribution in [0.5, 0.6) is 0 Å². The highest BCUT2D eigenvalue weighted by Gasteiger charge is 2.22. The molecule has 0 unspecified atom stereocenters. The Hall–Kier alpha value is -3.13. The van der Waals surface area contributed by atoms with Crippen molar-refractivity contribution in [3.8, 4) is 0 Å². The number of nitrogens with one attached hydrogen (secondary N) is 2. The predicted molar refractivity (Wildman–Crippen MR) is 107 cm³/mol. The molecule has 1 fully saturated rings. The molecule has 1 aromatic carbocycles. The van der Waals surface area contributed by atoms with E-state index in [0.29, 0.717) is 60.9 Å². The highest BCUT2D eigenvalue weighted by molar-refractivity contribution is 6.06. The minimum Gasteiger partial charge on any atom is -0.465 e. The molecule has 3 rings (SSSR count). The molecule has 0 atom stereocenters. The van der Waals surface area contributed by atoms with E-state index in [4.69, 9.17) is 9.47 Å². The fourth-order valence-corrected chi connectivity index (χ4v) is 3.38. The molecule has 154 valence electrons.